The molecule has 0 atom stereocenters. The number of hydrogen-bond donors (Lipinski definition) is 0. The van der Waals surface area contributed by atoms with Crippen LogP contribution >= 0.6 is 0 Å². The Morgan fingerprint density at radius 3 is 2.45 bits per heavy atom. The van der Waals surface area contributed by atoms with Gasteiger partial charge in [0, 0.05) is 32.7 Å². The van der Waals surface area contributed by atoms with Crippen LogP contribution in [0.2, 0.25) is 0 Å². The van der Waals surface area contributed by atoms with Crippen molar-refractivity contribution in [2.45, 2.75) is 19.4 Å². The number of piperidine rings is 1. The fourth-order valence-electron chi connectivity index (χ4n) is 4.24. The molecule has 2 saturated heterocycles. The highest BCUT2D eigenvalue weighted by molar-refractivity contribution is 5.78. The molecular weight excluding hydrogens is 374 g/mol. The van der Waals surface area contributed by atoms with E-state index in [2.05, 4.69) is 15.9 Å². The Bertz CT molecular complexity index is 740. The average molecular weight is 403 g/mol. The normalized spacial score (nSPS) is 20.7. The van der Waals surface area contributed by atoms with Crippen LogP contribution in [0.5, 0.6) is 11.5 Å². The number of carbonyl (C=O) groups excluding carboxylic acids is 2. The van der Waals surface area contributed by atoms with E-state index in [0.717, 1.165) is 70.2 Å². The summed E-state index contributed by atoms with van der Waals surface area (Å²) >= 11 is 0. The number of likely N-dealkylation sites (tertiary alicyclic amines) is 1. The van der Waals surface area contributed by atoms with Crippen LogP contribution in [0.3, 0.4) is 0 Å². The molecule has 0 N–H and O–H groups in total. The zero-order valence-corrected chi connectivity index (χ0v) is 17.0. The van der Waals surface area contributed by atoms with Crippen LogP contribution in [0.25, 0.3) is 0 Å². The van der Waals surface area contributed by atoms with Crippen molar-refractivity contribution in [1.29, 1.82) is 0 Å². The van der Waals surface area contributed by atoms with E-state index in [4.69, 9.17) is 14.2 Å². The van der Waals surface area contributed by atoms with Gasteiger partial charge in [0.25, 0.3) is 0 Å². The topological polar surface area (TPSA) is 71.6 Å². The fraction of sp³-hybridized carbons (Fsp3) is 0.619. The van der Waals surface area contributed by atoms with E-state index >= 15 is 0 Å². The third-order valence-corrected chi connectivity index (χ3v) is 6.05. The first-order chi connectivity index (χ1) is 14.1. The molecule has 0 radical (unpaired) electrons. The van der Waals surface area contributed by atoms with Gasteiger partial charge in [0.2, 0.25) is 12.7 Å². The second kappa shape index (κ2) is 9.00. The Morgan fingerprint density at radius 2 is 1.72 bits per heavy atom. The maximum Gasteiger partial charge on any atom is 0.308 e. The van der Waals surface area contributed by atoms with Crippen LogP contribution in [0.15, 0.2) is 18.2 Å². The number of methoxy groups -OCH3 is 1. The maximum absolute atomic E-state index is 12.7. The Morgan fingerprint density at radius 1 is 1.00 bits per heavy atom. The number of carbonyl (C=O) groups is 2. The van der Waals surface area contributed by atoms with Gasteiger partial charge in [0.15, 0.2) is 11.5 Å². The van der Waals surface area contributed by atoms with Crippen molar-refractivity contribution in [3.63, 3.8) is 0 Å². The Balaban J connectivity index is 1.19. The lowest BCUT2D eigenvalue weighted by Crippen LogP contribution is -2.51. The van der Waals surface area contributed by atoms with E-state index in [1.807, 2.05) is 17.0 Å². The van der Waals surface area contributed by atoms with Crippen molar-refractivity contribution in [3.8, 4) is 11.5 Å². The van der Waals surface area contributed by atoms with Crippen molar-refractivity contribution in [2.75, 3.05) is 59.7 Å². The van der Waals surface area contributed by atoms with Crippen molar-refractivity contribution < 1.29 is 23.8 Å². The number of hydrogen-bond acceptors (Lipinski definition) is 7. The van der Waals surface area contributed by atoms with Gasteiger partial charge in [-0.3, -0.25) is 19.4 Å². The van der Waals surface area contributed by atoms with Gasteiger partial charge in [-0.05, 0) is 43.6 Å². The molecule has 3 aliphatic heterocycles. The predicted molar refractivity (Wildman–Crippen MR) is 106 cm³/mol. The smallest absolute Gasteiger partial charge is 0.308 e. The fourth-order valence-corrected chi connectivity index (χ4v) is 4.24. The molecule has 1 amide bonds. The third-order valence-electron chi connectivity index (χ3n) is 6.05. The number of esters is 1. The van der Waals surface area contributed by atoms with E-state index in [9.17, 15) is 9.59 Å². The molecule has 158 valence electrons. The first-order valence-electron chi connectivity index (χ1n) is 10.3. The number of nitrogens with zero attached hydrogens (tertiary/aromatic N) is 3. The lowest BCUT2D eigenvalue weighted by molar-refractivity contribution is -0.147. The highest BCUT2D eigenvalue weighted by atomic mass is 16.7. The minimum atomic E-state index is -0.130. The summed E-state index contributed by atoms with van der Waals surface area (Å²) < 4.78 is 15.6. The highest BCUT2D eigenvalue weighted by Crippen LogP contribution is 2.32. The molecule has 3 aliphatic rings. The largest absolute Gasteiger partial charge is 0.469 e. The van der Waals surface area contributed by atoms with E-state index in [1.165, 1.54) is 12.7 Å². The molecule has 1 aromatic carbocycles. The second-order valence-corrected chi connectivity index (χ2v) is 7.92. The van der Waals surface area contributed by atoms with Gasteiger partial charge in [-0.1, -0.05) is 6.07 Å². The van der Waals surface area contributed by atoms with Crippen molar-refractivity contribution in [2.24, 2.45) is 5.92 Å². The molecule has 2 fully saturated rings. The number of rotatable bonds is 5. The van der Waals surface area contributed by atoms with Crippen LogP contribution < -0.4 is 9.47 Å². The Kier molecular flexibility index (Phi) is 6.20. The lowest BCUT2D eigenvalue weighted by Gasteiger charge is -2.37. The molecule has 8 nitrogen and oxygen atoms in total. The quantitative estimate of drug-likeness (QED) is 0.678. The summed E-state index contributed by atoms with van der Waals surface area (Å²) in [4.78, 5) is 30.8. The number of benzene rings is 1. The van der Waals surface area contributed by atoms with Crippen molar-refractivity contribution >= 4 is 11.9 Å². The zero-order chi connectivity index (χ0) is 20.2. The molecule has 0 spiro atoms. The SMILES string of the molecule is COC(=O)C1CCN(CC(=O)N2CCN(Cc3ccc4c(c3)OCO4)CC2)CC1. The Hall–Kier alpha value is -2.32. The van der Waals surface area contributed by atoms with Crippen LogP contribution in [-0.2, 0) is 20.9 Å². The second-order valence-electron chi connectivity index (χ2n) is 7.92. The third kappa shape index (κ3) is 4.82. The van der Waals surface area contributed by atoms with Gasteiger partial charge in [0.1, 0.15) is 0 Å². The van der Waals surface area contributed by atoms with Gasteiger partial charge in [0.05, 0.1) is 19.6 Å². The Labute approximate surface area is 171 Å². The molecule has 29 heavy (non-hydrogen) atoms. The molecule has 0 saturated carbocycles. The van der Waals surface area contributed by atoms with Gasteiger partial charge < -0.3 is 19.1 Å². The van der Waals surface area contributed by atoms with E-state index in [0.29, 0.717) is 13.3 Å². The molecule has 0 aliphatic carbocycles. The summed E-state index contributed by atoms with van der Waals surface area (Å²) in [7, 11) is 1.43. The van der Waals surface area contributed by atoms with Gasteiger partial charge in [-0.25, -0.2) is 0 Å². The molecule has 8 heteroatoms. The van der Waals surface area contributed by atoms with E-state index in [-0.39, 0.29) is 17.8 Å². The van der Waals surface area contributed by atoms with Crippen molar-refractivity contribution in [3.05, 3.63) is 23.8 Å². The molecule has 4 rings (SSSR count). The summed E-state index contributed by atoms with van der Waals surface area (Å²) in [5, 5.41) is 0. The van der Waals surface area contributed by atoms with Crippen LogP contribution in [0.1, 0.15) is 18.4 Å². The molecule has 0 bridgehead atoms. The minimum absolute atomic E-state index is 0.0222. The van der Waals surface area contributed by atoms with Gasteiger partial charge in [-0.2, -0.15) is 0 Å². The maximum atomic E-state index is 12.7. The monoisotopic (exact) mass is 403 g/mol. The van der Waals surface area contributed by atoms with E-state index in [1.54, 1.807) is 0 Å². The van der Waals surface area contributed by atoms with Gasteiger partial charge >= 0.3 is 5.97 Å². The zero-order valence-electron chi connectivity index (χ0n) is 17.0. The van der Waals surface area contributed by atoms with Crippen molar-refractivity contribution in [1.82, 2.24) is 14.7 Å². The molecule has 1 aromatic rings. The number of piperazine rings is 1. The van der Waals surface area contributed by atoms with Crippen LogP contribution in [0.4, 0.5) is 0 Å². The molecule has 0 unspecified atom stereocenters. The van der Waals surface area contributed by atoms with Crippen LogP contribution in [-0.4, -0.2) is 86.3 Å². The molecule has 0 aromatic heterocycles. The number of ether oxygens (including phenoxy) is 3. The van der Waals surface area contributed by atoms with Gasteiger partial charge in [-0.15, -0.1) is 0 Å². The molecule has 3 heterocycles. The highest BCUT2D eigenvalue weighted by Gasteiger charge is 2.28. The standard InChI is InChI=1S/C21H29N3O5/c1-27-21(26)17-4-6-22(7-5-17)14-20(25)24-10-8-23(9-11-24)13-16-2-3-18-19(12-16)29-15-28-18/h2-3,12,17H,4-11,13-15H2,1H3. The summed E-state index contributed by atoms with van der Waals surface area (Å²) in [5.74, 6) is 1.65. The summed E-state index contributed by atoms with van der Waals surface area (Å²) in [6.07, 6.45) is 1.53. The first kappa shape index (κ1) is 20.0. The summed E-state index contributed by atoms with van der Waals surface area (Å²) in [5.41, 5.74) is 1.20. The summed E-state index contributed by atoms with van der Waals surface area (Å²) in [6, 6.07) is 6.07. The number of amides is 1. The summed E-state index contributed by atoms with van der Waals surface area (Å²) in [6.45, 7) is 6.36. The number of fused-ring (bicyclic) bond motifs is 1. The van der Waals surface area contributed by atoms with Crippen LogP contribution in [0, 0.1) is 5.92 Å². The predicted octanol–water partition coefficient (Wildman–Crippen LogP) is 0.945. The lowest BCUT2D eigenvalue weighted by atomic mass is 9.97. The average Bonchev–Trinajstić information content (AvgIpc) is 3.22. The molecular formula is C21H29N3O5. The minimum Gasteiger partial charge on any atom is -0.469 e. The first-order valence-corrected chi connectivity index (χ1v) is 10.3. The van der Waals surface area contributed by atoms with E-state index < -0.39 is 0 Å².